The van der Waals surface area contributed by atoms with E-state index in [0.717, 1.165) is 50.8 Å². The van der Waals surface area contributed by atoms with Gasteiger partial charge in [0.2, 0.25) is 17.6 Å². The molecule has 3 aromatic carbocycles. The standard InChI is InChI=1S/C31H34N4O6S.C30H31N3O6S.C21H16F3N3O7S/c1-5-35(42(37)30(2,3)4)31(19-38-20-31)12-10-21-8-9-24-22(15-21)11-14-34-25(24)16-27(33-29(34)36)39-17-23-18-40-28-26(41-23)7-6-13-32-28;1-29(2,3)40(35)19-30(17-36-18-30)10-8-20-6-7-23-21(13-20)9-12-33-24(23)14-26(32-28(33)34)37-15-22-16-38-27-25(39-22)5-4-11-31-27;22-21(23,24)35(29,30)34-13-3-4-15-12(8-13)5-7-27-16(15)9-18(26-20(27)28)31-10-14-11-32-19-17(33-14)2-1-6-25-19/h6-9,13,15-16,23H,5,11,14,17-20H2,1-4H3;4-7,11,13-14,22H,9,12,15-19H2,1-3H3;1-4,6,8-9,14H,5,7,10-11H2. The first-order chi connectivity index (χ1) is 56.0. The first-order valence-electron chi connectivity index (χ1n) is 37.6. The monoisotopic (exact) mass is 1660 g/mol. The average Bonchev–Trinajstić information content (AvgIpc) is 0.773. The molecule has 0 spiro atoms. The molecule has 0 radical (unpaired) electrons. The van der Waals surface area contributed by atoms with Crippen molar-refractivity contribution in [1.82, 2.24) is 47.9 Å². The predicted octanol–water partition coefficient (Wildman–Crippen LogP) is 8.29. The van der Waals surface area contributed by atoms with Crippen molar-refractivity contribution in [2.75, 3.05) is 78.4 Å². The lowest BCUT2D eigenvalue weighted by Gasteiger charge is -2.46. The maximum absolute atomic E-state index is 13.3. The number of pyridine rings is 3. The Morgan fingerprint density at radius 3 is 1.31 bits per heavy atom. The van der Waals surface area contributed by atoms with Crippen LogP contribution in [-0.4, -0.2) is 182 Å². The van der Waals surface area contributed by atoms with E-state index in [1.165, 1.54) is 22.8 Å². The second kappa shape index (κ2) is 33.1. The number of hydrogen-bond donors (Lipinski definition) is 0. The van der Waals surface area contributed by atoms with Crippen LogP contribution in [0.25, 0.3) is 33.8 Å². The summed E-state index contributed by atoms with van der Waals surface area (Å²) in [7, 11) is -8.02. The average molecular weight is 1660 g/mol. The lowest BCUT2D eigenvalue weighted by molar-refractivity contribution is -0.0753. The van der Waals surface area contributed by atoms with Gasteiger partial charge in [-0.05, 0) is 156 Å². The number of hydrogen-bond acceptors (Lipinski definition) is 25. The molecule has 6 aromatic heterocycles. The molecular weight excluding hydrogens is 1580 g/mol. The van der Waals surface area contributed by atoms with Gasteiger partial charge in [0.25, 0.3) is 17.6 Å². The summed E-state index contributed by atoms with van der Waals surface area (Å²) >= 11 is 0. The van der Waals surface area contributed by atoms with Gasteiger partial charge in [-0.1, -0.05) is 42.7 Å². The van der Waals surface area contributed by atoms with Gasteiger partial charge in [0.05, 0.1) is 53.7 Å². The number of likely N-dealkylation sites (N-methyl/N-ethyl adjacent to an activating group) is 1. The van der Waals surface area contributed by atoms with Crippen molar-refractivity contribution in [3.63, 3.8) is 0 Å². The lowest BCUT2D eigenvalue weighted by Crippen LogP contribution is -2.63. The van der Waals surface area contributed by atoms with Crippen molar-refractivity contribution in [2.24, 2.45) is 5.41 Å². The molecule has 0 aliphatic carbocycles. The van der Waals surface area contributed by atoms with E-state index < -0.39 is 65.2 Å². The first-order valence-corrected chi connectivity index (χ1v) is 41.5. The van der Waals surface area contributed by atoms with Crippen LogP contribution in [0, 0.1) is 29.1 Å². The van der Waals surface area contributed by atoms with Gasteiger partial charge in [-0.25, -0.2) is 37.8 Å². The fourth-order valence-corrected chi connectivity index (χ4v) is 16.7. The second-order valence-corrected chi connectivity index (χ2v) is 36.4. The zero-order chi connectivity index (χ0) is 82.2. The zero-order valence-electron chi connectivity index (χ0n) is 64.7. The Bertz CT molecular complexity index is 5820. The smallest absolute Gasteiger partial charge is 0.478 e. The van der Waals surface area contributed by atoms with E-state index in [-0.39, 0.29) is 97.4 Å². The van der Waals surface area contributed by atoms with E-state index in [2.05, 4.69) is 69.9 Å². The highest BCUT2D eigenvalue weighted by Gasteiger charge is 2.50. The molecule has 117 heavy (non-hydrogen) atoms. The summed E-state index contributed by atoms with van der Waals surface area (Å²) in [6, 6.07) is 31.4. The summed E-state index contributed by atoms with van der Waals surface area (Å²) in [4.78, 5) is 62.8. The third-order valence-electron chi connectivity index (χ3n) is 19.9. The maximum atomic E-state index is 13.3. The van der Waals surface area contributed by atoms with Crippen molar-refractivity contribution in [3.8, 4) is 116 Å². The molecule has 0 bridgehead atoms. The number of aryl methyl sites for hydroxylation is 3. The van der Waals surface area contributed by atoms with Crippen LogP contribution < -0.4 is 63.9 Å². The molecule has 9 aromatic rings. The Hall–Kier alpha value is -11.2. The molecule has 8 aliphatic heterocycles. The molecule has 5 unspecified atom stereocenters. The van der Waals surface area contributed by atoms with Crippen molar-refractivity contribution in [1.29, 1.82) is 0 Å². The number of halogens is 3. The largest absolute Gasteiger partial charge is 0.534 e. The SMILES string of the molecule is CC(C)(C)S(=O)CC1(C#Cc2ccc3c(c2)CCn2c-3cc(OCC3COc4ncccc4O3)nc2=O)COC1.CCN(S(=O)C(C)(C)C)C1(C#Cc2ccc3c(c2)CCn2c-3cc(OCC3COc4ncccc4O3)nc2=O)COC1.O=c1nc(OCC2COc3ncccc3O2)cc2n1CCc1cc(OS(=O)(=O)C(F)(F)F)ccc1-2. The zero-order valence-corrected chi connectivity index (χ0v) is 67.1. The summed E-state index contributed by atoms with van der Waals surface area (Å²) in [5.41, 5.74) is 1.01. The summed E-state index contributed by atoms with van der Waals surface area (Å²) in [5, 5.41) is 0. The van der Waals surface area contributed by atoms with E-state index in [0.29, 0.717) is 123 Å². The van der Waals surface area contributed by atoms with E-state index in [1.54, 1.807) is 76.3 Å². The molecule has 612 valence electrons. The number of ether oxygens (including phenoxy) is 11. The van der Waals surface area contributed by atoms with Crippen LogP contribution in [0.4, 0.5) is 13.2 Å². The van der Waals surface area contributed by atoms with Gasteiger partial charge in [-0.3, -0.25) is 17.9 Å². The quantitative estimate of drug-likeness (QED) is 0.0498. The van der Waals surface area contributed by atoms with Crippen molar-refractivity contribution in [2.45, 2.75) is 126 Å². The minimum Gasteiger partial charge on any atom is -0.478 e. The molecule has 5 atom stereocenters. The number of fused-ring (bicyclic) bond motifs is 12. The topological polar surface area (TPSA) is 326 Å². The van der Waals surface area contributed by atoms with Crippen LogP contribution in [0.2, 0.25) is 0 Å². The van der Waals surface area contributed by atoms with Gasteiger partial charge in [-0.2, -0.15) is 36.5 Å². The first kappa shape index (κ1) is 81.0. The third kappa shape index (κ3) is 17.9. The molecule has 8 aliphatic rings. The fraction of sp³-hybridized carbons (Fsp3) is 0.402. The van der Waals surface area contributed by atoms with Crippen molar-refractivity contribution >= 4 is 31.9 Å². The Morgan fingerprint density at radius 1 is 0.538 bits per heavy atom. The highest BCUT2D eigenvalue weighted by atomic mass is 32.2. The molecule has 29 nitrogen and oxygen atoms in total. The minimum atomic E-state index is -5.80. The van der Waals surface area contributed by atoms with E-state index in [9.17, 15) is 44.4 Å². The van der Waals surface area contributed by atoms with Gasteiger partial charge >= 0.3 is 32.7 Å². The predicted molar refractivity (Wildman–Crippen MR) is 421 cm³/mol. The van der Waals surface area contributed by atoms with Crippen LogP contribution in [0.3, 0.4) is 0 Å². The van der Waals surface area contributed by atoms with Crippen LogP contribution in [0.1, 0.15) is 76.3 Å². The Kier molecular flexibility index (Phi) is 22.9. The maximum Gasteiger partial charge on any atom is 0.534 e. The van der Waals surface area contributed by atoms with Gasteiger partial charge in [0.15, 0.2) is 35.6 Å². The van der Waals surface area contributed by atoms with Gasteiger partial charge < -0.3 is 56.3 Å². The van der Waals surface area contributed by atoms with Crippen LogP contribution in [0.15, 0.2) is 142 Å². The van der Waals surface area contributed by atoms with Crippen molar-refractivity contribution < 1.29 is 86.3 Å². The Balaban J connectivity index is 0.000000138. The number of nitrogens with zero attached hydrogens (tertiary/aromatic N) is 10. The molecule has 14 heterocycles. The third-order valence-corrected chi connectivity index (χ3v) is 25.1. The molecule has 0 saturated carbocycles. The number of rotatable bonds is 16. The molecule has 2 fully saturated rings. The normalized spacial score (nSPS) is 18.4. The molecule has 0 amide bonds. The number of benzene rings is 3. The highest BCUT2D eigenvalue weighted by molar-refractivity contribution is 7.88. The minimum absolute atomic E-state index is 0.0228. The summed E-state index contributed by atoms with van der Waals surface area (Å²) in [5.74, 6) is 16.8. The van der Waals surface area contributed by atoms with E-state index in [4.69, 9.17) is 52.1 Å². The van der Waals surface area contributed by atoms with Crippen LogP contribution in [-0.2, 0) is 80.3 Å². The lowest BCUT2D eigenvalue weighted by atomic mass is 9.88. The number of aromatic nitrogens is 9. The number of alkyl halides is 3. The second-order valence-electron chi connectivity index (χ2n) is 30.5. The molecule has 0 N–H and O–H groups in total. The Morgan fingerprint density at radius 2 is 0.940 bits per heavy atom. The molecule has 2 saturated heterocycles. The van der Waals surface area contributed by atoms with Gasteiger partial charge in [0.1, 0.15) is 61.9 Å². The van der Waals surface area contributed by atoms with Gasteiger partial charge in [0, 0.05) is 112 Å². The van der Waals surface area contributed by atoms with E-state index >= 15 is 0 Å². The molecular formula is C82H81F3N10O19S3. The Labute approximate surface area is 675 Å². The van der Waals surface area contributed by atoms with Crippen LogP contribution in [0.5, 0.6) is 58.3 Å². The van der Waals surface area contributed by atoms with Crippen molar-refractivity contribution in [3.05, 3.63) is 187 Å². The molecule has 35 heteroatoms. The van der Waals surface area contributed by atoms with Crippen LogP contribution >= 0.6 is 0 Å². The van der Waals surface area contributed by atoms with Gasteiger partial charge in [-0.15, -0.1) is 0 Å². The molecule has 17 rings (SSSR count). The van der Waals surface area contributed by atoms with E-state index in [1.807, 2.05) is 77.0 Å². The summed E-state index contributed by atoms with van der Waals surface area (Å²) in [6.45, 7) is 18.7. The summed E-state index contributed by atoms with van der Waals surface area (Å²) in [6.07, 6.45) is 5.32. The fourth-order valence-electron chi connectivity index (χ4n) is 13.7. The summed E-state index contributed by atoms with van der Waals surface area (Å²) < 4.78 is 160. The highest BCUT2D eigenvalue weighted by Crippen LogP contribution is 2.40.